The molecule has 0 spiro atoms. The summed E-state index contributed by atoms with van der Waals surface area (Å²) in [6.45, 7) is 3.00. The Kier molecular flexibility index (Phi) is 3.38. The van der Waals surface area contributed by atoms with E-state index in [0.29, 0.717) is 17.9 Å². The molecule has 0 saturated carbocycles. The maximum Gasteiger partial charge on any atom is 0.267 e. The minimum atomic E-state index is -0.461. The summed E-state index contributed by atoms with van der Waals surface area (Å²) < 4.78 is 0. The van der Waals surface area contributed by atoms with Gasteiger partial charge in [0.2, 0.25) is 0 Å². The third-order valence-electron chi connectivity index (χ3n) is 3.30. The number of primary amides is 1. The van der Waals surface area contributed by atoms with Gasteiger partial charge < -0.3 is 5.73 Å². The second kappa shape index (κ2) is 4.79. The van der Waals surface area contributed by atoms with E-state index in [-0.39, 0.29) is 6.04 Å². The first-order valence-corrected chi connectivity index (χ1v) is 5.99. The predicted molar refractivity (Wildman–Crippen MR) is 64.5 cm³/mol. The van der Waals surface area contributed by atoms with Gasteiger partial charge in [0.05, 0.1) is 0 Å². The zero-order valence-electron chi connectivity index (χ0n) is 10.3. The highest BCUT2D eigenvalue weighted by Gasteiger charge is 2.27. The smallest absolute Gasteiger partial charge is 0.267 e. The first-order valence-electron chi connectivity index (χ1n) is 5.99. The van der Waals surface area contributed by atoms with Crippen LogP contribution in [0.15, 0.2) is 6.20 Å². The van der Waals surface area contributed by atoms with E-state index in [4.69, 9.17) is 5.73 Å². The molecule has 1 fully saturated rings. The van der Waals surface area contributed by atoms with Crippen LogP contribution in [0.2, 0.25) is 0 Å². The minimum Gasteiger partial charge on any atom is -0.364 e. The zero-order valence-corrected chi connectivity index (χ0v) is 10.3. The average molecular weight is 234 g/mol. The van der Waals surface area contributed by atoms with Crippen LogP contribution in [0, 0.1) is 0 Å². The van der Waals surface area contributed by atoms with Gasteiger partial charge in [-0.05, 0) is 26.4 Å². The lowest BCUT2D eigenvalue weighted by Gasteiger charge is -2.21. The van der Waals surface area contributed by atoms with Crippen molar-refractivity contribution in [1.82, 2.24) is 14.9 Å². The summed E-state index contributed by atoms with van der Waals surface area (Å²) in [7, 11) is 2.05. The number of hydrogen-bond acceptors (Lipinski definition) is 4. The van der Waals surface area contributed by atoms with E-state index in [1.807, 2.05) is 6.92 Å². The van der Waals surface area contributed by atoms with Crippen LogP contribution >= 0.6 is 0 Å². The predicted octanol–water partition coefficient (Wildman–Crippen LogP) is 0.905. The van der Waals surface area contributed by atoms with Crippen molar-refractivity contribution in [3.63, 3.8) is 0 Å². The molecule has 1 aromatic heterocycles. The molecule has 2 rings (SSSR count). The summed E-state index contributed by atoms with van der Waals surface area (Å²) >= 11 is 0. The molecule has 1 aromatic rings. The number of carbonyl (C=O) groups excluding carboxylic acids is 1. The lowest BCUT2D eigenvalue weighted by atomic mass is 10.0. The highest BCUT2D eigenvalue weighted by atomic mass is 16.1. The Morgan fingerprint density at radius 3 is 2.94 bits per heavy atom. The van der Waals surface area contributed by atoms with Crippen molar-refractivity contribution in [2.75, 3.05) is 13.6 Å². The minimum absolute atomic E-state index is 0.225. The fourth-order valence-electron chi connectivity index (χ4n) is 2.34. The number of hydrogen-bond donors (Lipinski definition) is 1. The molecule has 1 atom stereocenters. The topological polar surface area (TPSA) is 72.1 Å². The summed E-state index contributed by atoms with van der Waals surface area (Å²) in [5, 5.41) is 0. The van der Waals surface area contributed by atoms with Crippen LogP contribution in [-0.4, -0.2) is 34.4 Å². The molecule has 1 saturated heterocycles. The highest BCUT2D eigenvalue weighted by molar-refractivity contribution is 5.92. The third-order valence-corrected chi connectivity index (χ3v) is 3.30. The standard InChI is InChI=1S/C12H18N4O/c1-3-10-14-7-8(11(15-10)12(13)17)9-5-4-6-16(9)2/h7,9H,3-6H2,1-2H3,(H2,13,17). The number of amides is 1. The molecule has 1 aliphatic rings. The van der Waals surface area contributed by atoms with E-state index in [1.165, 1.54) is 0 Å². The van der Waals surface area contributed by atoms with Crippen LogP contribution in [0.25, 0.3) is 0 Å². The van der Waals surface area contributed by atoms with E-state index in [9.17, 15) is 4.79 Å². The van der Waals surface area contributed by atoms with Crippen molar-refractivity contribution in [1.29, 1.82) is 0 Å². The van der Waals surface area contributed by atoms with Gasteiger partial charge in [0.15, 0.2) is 0 Å². The van der Waals surface area contributed by atoms with Gasteiger partial charge in [-0.25, -0.2) is 9.97 Å². The molecule has 5 heteroatoms. The van der Waals surface area contributed by atoms with Crippen LogP contribution in [0.3, 0.4) is 0 Å². The van der Waals surface area contributed by atoms with Crippen LogP contribution in [0.5, 0.6) is 0 Å². The second-order valence-electron chi connectivity index (χ2n) is 4.45. The Hall–Kier alpha value is -1.49. The number of rotatable bonds is 3. The molecular weight excluding hydrogens is 216 g/mol. The summed E-state index contributed by atoms with van der Waals surface area (Å²) in [5.74, 6) is 0.209. The number of likely N-dealkylation sites (tertiary alicyclic amines) is 1. The van der Waals surface area contributed by atoms with Crippen molar-refractivity contribution in [2.45, 2.75) is 32.2 Å². The number of aromatic nitrogens is 2. The lowest BCUT2D eigenvalue weighted by molar-refractivity contribution is 0.0992. The zero-order chi connectivity index (χ0) is 12.4. The summed E-state index contributed by atoms with van der Waals surface area (Å²) in [5.41, 5.74) is 6.66. The molecule has 0 aromatic carbocycles. The Balaban J connectivity index is 2.42. The lowest BCUT2D eigenvalue weighted by Crippen LogP contribution is -2.24. The second-order valence-corrected chi connectivity index (χ2v) is 4.45. The van der Waals surface area contributed by atoms with Gasteiger partial charge in [0.25, 0.3) is 5.91 Å². The first-order chi connectivity index (χ1) is 8.13. The highest BCUT2D eigenvalue weighted by Crippen LogP contribution is 2.31. The van der Waals surface area contributed by atoms with Crippen molar-refractivity contribution in [3.8, 4) is 0 Å². The molecule has 0 radical (unpaired) electrons. The Bertz CT molecular complexity index is 433. The normalized spacial score (nSPS) is 20.7. The van der Waals surface area contributed by atoms with E-state index in [2.05, 4.69) is 21.9 Å². The molecule has 1 unspecified atom stereocenters. The summed E-state index contributed by atoms with van der Waals surface area (Å²) in [4.78, 5) is 22.2. The fraction of sp³-hybridized carbons (Fsp3) is 0.583. The largest absolute Gasteiger partial charge is 0.364 e. The Morgan fingerprint density at radius 1 is 1.65 bits per heavy atom. The van der Waals surface area contributed by atoms with E-state index in [1.54, 1.807) is 6.20 Å². The molecule has 1 aliphatic heterocycles. The summed E-state index contributed by atoms with van der Waals surface area (Å²) in [6, 6.07) is 0.225. The van der Waals surface area contributed by atoms with Gasteiger partial charge in [-0.15, -0.1) is 0 Å². The van der Waals surface area contributed by atoms with E-state index >= 15 is 0 Å². The van der Waals surface area contributed by atoms with Gasteiger partial charge in [-0.1, -0.05) is 6.92 Å². The van der Waals surface area contributed by atoms with Crippen molar-refractivity contribution < 1.29 is 4.79 Å². The van der Waals surface area contributed by atoms with Crippen LogP contribution in [0.4, 0.5) is 0 Å². The van der Waals surface area contributed by atoms with Gasteiger partial charge in [0, 0.05) is 24.2 Å². The molecule has 1 amide bonds. The van der Waals surface area contributed by atoms with E-state index in [0.717, 1.165) is 24.9 Å². The molecule has 0 bridgehead atoms. The van der Waals surface area contributed by atoms with Crippen molar-refractivity contribution >= 4 is 5.91 Å². The molecule has 2 heterocycles. The molecule has 5 nitrogen and oxygen atoms in total. The quantitative estimate of drug-likeness (QED) is 0.843. The van der Waals surface area contributed by atoms with Crippen LogP contribution < -0.4 is 5.73 Å². The number of aryl methyl sites for hydroxylation is 1. The monoisotopic (exact) mass is 234 g/mol. The van der Waals surface area contributed by atoms with Crippen LogP contribution in [0.1, 0.15) is 47.7 Å². The van der Waals surface area contributed by atoms with Gasteiger partial charge >= 0.3 is 0 Å². The summed E-state index contributed by atoms with van der Waals surface area (Å²) in [6.07, 6.45) is 4.64. The average Bonchev–Trinajstić information content (AvgIpc) is 2.74. The number of carbonyl (C=O) groups is 1. The van der Waals surface area contributed by atoms with Crippen molar-refractivity contribution in [2.24, 2.45) is 5.73 Å². The van der Waals surface area contributed by atoms with E-state index < -0.39 is 5.91 Å². The molecule has 17 heavy (non-hydrogen) atoms. The first kappa shape index (κ1) is 12.0. The Morgan fingerprint density at radius 2 is 2.41 bits per heavy atom. The Labute approximate surface area is 101 Å². The molecular formula is C12H18N4O. The SMILES string of the molecule is CCc1ncc(C2CCCN2C)c(C(N)=O)n1. The molecule has 0 aliphatic carbocycles. The van der Waals surface area contributed by atoms with Gasteiger partial charge in [-0.2, -0.15) is 0 Å². The van der Waals surface area contributed by atoms with Gasteiger partial charge in [-0.3, -0.25) is 9.69 Å². The number of nitrogens with two attached hydrogens (primary N) is 1. The van der Waals surface area contributed by atoms with Crippen molar-refractivity contribution in [3.05, 3.63) is 23.3 Å². The maximum atomic E-state index is 11.5. The molecule has 2 N–H and O–H groups in total. The number of nitrogens with zero attached hydrogens (tertiary/aromatic N) is 3. The molecule has 92 valence electrons. The third kappa shape index (κ3) is 2.29. The van der Waals surface area contributed by atoms with Gasteiger partial charge in [0.1, 0.15) is 11.5 Å². The fourth-order valence-corrected chi connectivity index (χ4v) is 2.34. The maximum absolute atomic E-state index is 11.5. The van der Waals surface area contributed by atoms with Crippen LogP contribution in [-0.2, 0) is 6.42 Å².